The molecule has 1 aromatic rings. The minimum Gasteiger partial charge on any atom is -0.234 e. The van der Waals surface area contributed by atoms with E-state index in [0.717, 1.165) is 0 Å². The van der Waals surface area contributed by atoms with Crippen LogP contribution in [-0.2, 0) is 0 Å². The number of nitrogens with zero attached hydrogens (tertiary/aromatic N) is 2. The van der Waals surface area contributed by atoms with E-state index in [1.54, 1.807) is 12.3 Å². The maximum Gasteiger partial charge on any atom is 0.200 e. The highest BCUT2D eigenvalue weighted by molar-refractivity contribution is 5.49. The molecule has 0 saturated heterocycles. The Kier molecular flexibility index (Phi) is 2.04. The van der Waals surface area contributed by atoms with Crippen molar-refractivity contribution in [2.24, 2.45) is 5.84 Å². The molecule has 0 aliphatic rings. The highest BCUT2D eigenvalue weighted by Crippen LogP contribution is 2.14. The van der Waals surface area contributed by atoms with E-state index in [9.17, 15) is 4.39 Å². The topological polar surface area (TPSA) is 53.0 Å². The molecule has 0 unspecified atom stereocenters. The van der Waals surface area contributed by atoms with Gasteiger partial charge in [-0.25, -0.2) is 15.2 Å². The lowest BCUT2D eigenvalue weighted by Crippen LogP contribution is -2.25. The van der Waals surface area contributed by atoms with E-state index >= 15 is 0 Å². The van der Waals surface area contributed by atoms with Crippen LogP contribution in [0.4, 0.5) is 10.1 Å². The van der Waals surface area contributed by atoms with Gasteiger partial charge < -0.3 is 0 Å². The largest absolute Gasteiger partial charge is 0.234 e. The summed E-state index contributed by atoms with van der Waals surface area (Å²) in [7, 11) is 0. The second-order valence-electron chi connectivity index (χ2n) is 1.92. The zero-order valence-corrected chi connectivity index (χ0v) is 5.66. The van der Waals surface area contributed by atoms with Gasteiger partial charge in [0.25, 0.3) is 0 Å². The van der Waals surface area contributed by atoms with Crippen molar-refractivity contribution in [3.05, 3.63) is 30.1 Å². The average Bonchev–Trinajstić information content (AvgIpc) is 2.04. The van der Waals surface area contributed by atoms with E-state index in [4.69, 9.17) is 11.1 Å². The van der Waals surface area contributed by atoms with Crippen molar-refractivity contribution >= 4 is 5.69 Å². The summed E-state index contributed by atoms with van der Waals surface area (Å²) >= 11 is 0. The Hall–Kier alpha value is -1.60. The van der Waals surface area contributed by atoms with E-state index in [0.29, 0.717) is 5.01 Å². The molecular formula is C7H6FN3. The fourth-order valence-corrected chi connectivity index (χ4v) is 0.701. The molecule has 0 atom stereocenters. The quantitative estimate of drug-likeness (QED) is 0.282. The van der Waals surface area contributed by atoms with Gasteiger partial charge in [0, 0.05) is 0 Å². The van der Waals surface area contributed by atoms with Crippen LogP contribution in [0.25, 0.3) is 0 Å². The third kappa shape index (κ3) is 1.45. The van der Waals surface area contributed by atoms with Crippen molar-refractivity contribution in [1.29, 1.82) is 5.26 Å². The minimum atomic E-state index is -0.503. The molecule has 1 aromatic carbocycles. The fraction of sp³-hybridized carbons (Fsp3) is 0. The normalized spacial score (nSPS) is 8.82. The van der Waals surface area contributed by atoms with Crippen molar-refractivity contribution in [2.45, 2.75) is 0 Å². The SMILES string of the molecule is N#CN(N)c1ccccc1F. The van der Waals surface area contributed by atoms with Gasteiger partial charge in [0.05, 0.1) is 0 Å². The number of nitrogens with two attached hydrogens (primary N) is 1. The zero-order chi connectivity index (χ0) is 8.27. The molecule has 0 amide bonds. The first-order valence-electron chi connectivity index (χ1n) is 2.95. The van der Waals surface area contributed by atoms with Crippen LogP contribution in [-0.4, -0.2) is 0 Å². The van der Waals surface area contributed by atoms with Gasteiger partial charge in [-0.2, -0.15) is 5.26 Å². The molecule has 4 heteroatoms. The molecule has 0 saturated carbocycles. The number of rotatable bonds is 1. The molecule has 0 bridgehead atoms. The second-order valence-corrected chi connectivity index (χ2v) is 1.92. The Balaban J connectivity index is 3.05. The van der Waals surface area contributed by atoms with Crippen LogP contribution < -0.4 is 10.9 Å². The first-order chi connectivity index (χ1) is 5.25. The lowest BCUT2D eigenvalue weighted by molar-refractivity contribution is 0.626. The van der Waals surface area contributed by atoms with Crippen LogP contribution >= 0.6 is 0 Å². The lowest BCUT2D eigenvalue weighted by atomic mass is 10.3. The number of nitriles is 1. The van der Waals surface area contributed by atoms with Gasteiger partial charge in [0.1, 0.15) is 11.5 Å². The van der Waals surface area contributed by atoms with E-state index in [1.165, 1.54) is 18.2 Å². The van der Waals surface area contributed by atoms with E-state index in [2.05, 4.69) is 0 Å². The molecule has 0 aliphatic carbocycles. The Morgan fingerprint density at radius 2 is 2.09 bits per heavy atom. The molecule has 1 rings (SSSR count). The minimum absolute atomic E-state index is 0.0787. The molecular weight excluding hydrogens is 145 g/mol. The molecule has 0 aromatic heterocycles. The van der Waals surface area contributed by atoms with Gasteiger partial charge in [0.15, 0.2) is 6.19 Å². The molecule has 0 radical (unpaired) electrons. The van der Waals surface area contributed by atoms with E-state index in [1.807, 2.05) is 0 Å². The van der Waals surface area contributed by atoms with Crippen molar-refractivity contribution in [3.8, 4) is 6.19 Å². The summed E-state index contributed by atoms with van der Waals surface area (Å²) in [6.07, 6.45) is 1.59. The maximum atomic E-state index is 12.8. The summed E-state index contributed by atoms with van der Waals surface area (Å²) in [5, 5.41) is 8.97. The molecule has 2 N–H and O–H groups in total. The monoisotopic (exact) mass is 151 g/mol. The van der Waals surface area contributed by atoms with Crippen molar-refractivity contribution in [3.63, 3.8) is 0 Å². The van der Waals surface area contributed by atoms with Crippen LogP contribution in [0.2, 0.25) is 0 Å². The van der Waals surface area contributed by atoms with E-state index < -0.39 is 5.82 Å². The summed E-state index contributed by atoms with van der Waals surface area (Å²) < 4.78 is 12.8. The summed E-state index contributed by atoms with van der Waals surface area (Å²) in [6, 6.07) is 5.81. The van der Waals surface area contributed by atoms with E-state index in [-0.39, 0.29) is 5.69 Å². The van der Waals surface area contributed by atoms with Crippen LogP contribution in [0.1, 0.15) is 0 Å². The molecule has 56 valence electrons. The van der Waals surface area contributed by atoms with Gasteiger partial charge in [-0.15, -0.1) is 0 Å². The summed E-state index contributed by atoms with van der Waals surface area (Å²) in [5.74, 6) is 4.62. The number of hydrogen-bond donors (Lipinski definition) is 1. The van der Waals surface area contributed by atoms with Gasteiger partial charge in [-0.1, -0.05) is 12.1 Å². The van der Waals surface area contributed by atoms with Crippen LogP contribution in [0.15, 0.2) is 24.3 Å². The summed E-state index contributed by atoms with van der Waals surface area (Å²) in [5.41, 5.74) is 0.0787. The Morgan fingerprint density at radius 1 is 1.45 bits per heavy atom. The maximum absolute atomic E-state index is 12.8. The highest BCUT2D eigenvalue weighted by Gasteiger charge is 2.04. The molecule has 3 nitrogen and oxygen atoms in total. The molecule has 0 spiro atoms. The number of halogens is 1. The highest BCUT2D eigenvalue weighted by atomic mass is 19.1. The van der Waals surface area contributed by atoms with Gasteiger partial charge >= 0.3 is 0 Å². The predicted molar refractivity (Wildman–Crippen MR) is 38.7 cm³/mol. The number of benzene rings is 1. The van der Waals surface area contributed by atoms with Crippen LogP contribution in [0.5, 0.6) is 0 Å². The first kappa shape index (κ1) is 7.51. The first-order valence-corrected chi connectivity index (χ1v) is 2.95. The third-order valence-corrected chi connectivity index (χ3v) is 1.22. The fourth-order valence-electron chi connectivity index (χ4n) is 0.701. The number of para-hydroxylation sites is 1. The lowest BCUT2D eigenvalue weighted by Gasteiger charge is -2.07. The molecule has 0 fully saturated rings. The summed E-state index contributed by atoms with van der Waals surface area (Å²) in [4.78, 5) is 0. The molecule has 0 aliphatic heterocycles. The molecule has 0 heterocycles. The van der Waals surface area contributed by atoms with Crippen LogP contribution in [0.3, 0.4) is 0 Å². The van der Waals surface area contributed by atoms with Crippen molar-refractivity contribution in [2.75, 3.05) is 5.01 Å². The Labute approximate surface area is 63.4 Å². The molecule has 11 heavy (non-hydrogen) atoms. The Bertz CT molecular complexity index is 292. The van der Waals surface area contributed by atoms with Crippen molar-refractivity contribution in [1.82, 2.24) is 0 Å². The van der Waals surface area contributed by atoms with Crippen molar-refractivity contribution < 1.29 is 4.39 Å². The number of anilines is 1. The summed E-state index contributed by atoms with van der Waals surface area (Å²) in [6.45, 7) is 0. The second kappa shape index (κ2) is 2.99. The average molecular weight is 151 g/mol. The van der Waals surface area contributed by atoms with Gasteiger partial charge in [-0.05, 0) is 12.1 Å². The van der Waals surface area contributed by atoms with Gasteiger partial charge in [-0.3, -0.25) is 0 Å². The number of hydrazine groups is 1. The standard InChI is InChI=1S/C7H6FN3/c8-6-3-1-2-4-7(6)11(10)5-9/h1-4H,10H2. The zero-order valence-electron chi connectivity index (χ0n) is 5.66. The third-order valence-electron chi connectivity index (χ3n) is 1.22. The predicted octanol–water partition coefficient (Wildman–Crippen LogP) is 0.987. The van der Waals surface area contributed by atoms with Gasteiger partial charge in [0.2, 0.25) is 0 Å². The number of hydrogen-bond acceptors (Lipinski definition) is 3. The van der Waals surface area contributed by atoms with Crippen LogP contribution in [0, 0.1) is 17.3 Å². The Morgan fingerprint density at radius 3 is 2.64 bits per heavy atom. The smallest absolute Gasteiger partial charge is 0.200 e.